The Labute approximate surface area is 149 Å². The Hall–Kier alpha value is -2.27. The Balaban J connectivity index is 1.61. The second-order valence-electron chi connectivity index (χ2n) is 6.76. The third kappa shape index (κ3) is 4.42. The van der Waals surface area contributed by atoms with Crippen LogP contribution < -0.4 is 10.1 Å². The van der Waals surface area contributed by atoms with Crippen molar-refractivity contribution in [3.05, 3.63) is 54.0 Å². The molecule has 5 nitrogen and oxygen atoms in total. The van der Waals surface area contributed by atoms with Gasteiger partial charge in [0.2, 0.25) is 5.91 Å². The van der Waals surface area contributed by atoms with E-state index in [0.29, 0.717) is 12.5 Å². The van der Waals surface area contributed by atoms with E-state index in [1.165, 1.54) is 0 Å². The lowest BCUT2D eigenvalue weighted by Gasteiger charge is -2.25. The summed E-state index contributed by atoms with van der Waals surface area (Å²) < 4.78 is 10.7. The van der Waals surface area contributed by atoms with Crippen LogP contribution in [0, 0.1) is 5.92 Å². The van der Waals surface area contributed by atoms with Crippen molar-refractivity contribution < 1.29 is 13.9 Å². The van der Waals surface area contributed by atoms with Crippen LogP contribution in [0.2, 0.25) is 0 Å². The van der Waals surface area contributed by atoms with Crippen molar-refractivity contribution in [1.29, 1.82) is 0 Å². The lowest BCUT2D eigenvalue weighted by molar-refractivity contribution is -0.123. The van der Waals surface area contributed by atoms with Gasteiger partial charge in [-0.1, -0.05) is 12.1 Å². The zero-order chi connectivity index (χ0) is 17.8. The first-order chi connectivity index (χ1) is 12.1. The number of rotatable bonds is 8. The molecule has 1 amide bonds. The monoisotopic (exact) mass is 342 g/mol. The molecule has 134 valence electrons. The van der Waals surface area contributed by atoms with Crippen LogP contribution in [0.4, 0.5) is 0 Å². The van der Waals surface area contributed by atoms with E-state index in [9.17, 15) is 4.79 Å². The van der Waals surface area contributed by atoms with Crippen LogP contribution in [0.25, 0.3) is 0 Å². The fraction of sp³-hybridized carbons (Fsp3) is 0.450. The molecule has 2 unspecified atom stereocenters. The number of benzene rings is 1. The Kier molecular flexibility index (Phi) is 5.43. The van der Waals surface area contributed by atoms with Gasteiger partial charge >= 0.3 is 0 Å². The van der Waals surface area contributed by atoms with Crippen molar-refractivity contribution in [2.45, 2.75) is 31.8 Å². The normalized spacial score (nSPS) is 16.5. The molecule has 1 N–H and O–H groups in total. The highest BCUT2D eigenvalue weighted by atomic mass is 16.5. The molecule has 0 aliphatic heterocycles. The van der Waals surface area contributed by atoms with Crippen molar-refractivity contribution in [3.63, 3.8) is 0 Å². The molecule has 0 saturated heterocycles. The maximum atomic E-state index is 12.6. The van der Waals surface area contributed by atoms with E-state index in [0.717, 1.165) is 29.9 Å². The van der Waals surface area contributed by atoms with Crippen LogP contribution in [0.3, 0.4) is 0 Å². The SMILES string of the molecule is COc1ccc(C(NC(=O)CN(C)C(C)c2ccco2)C2CC2)cc1. The van der Waals surface area contributed by atoms with Crippen LogP contribution >= 0.6 is 0 Å². The summed E-state index contributed by atoms with van der Waals surface area (Å²) in [5, 5.41) is 3.21. The first kappa shape index (κ1) is 17.5. The van der Waals surface area contributed by atoms with Gasteiger partial charge in [0.1, 0.15) is 11.5 Å². The van der Waals surface area contributed by atoms with Crippen LogP contribution in [-0.2, 0) is 4.79 Å². The van der Waals surface area contributed by atoms with Gasteiger partial charge in [0.15, 0.2) is 0 Å². The lowest BCUT2D eigenvalue weighted by Crippen LogP contribution is -2.38. The molecule has 0 bridgehead atoms. The molecule has 0 spiro atoms. The molecule has 3 rings (SSSR count). The summed E-state index contributed by atoms with van der Waals surface area (Å²) in [4.78, 5) is 14.6. The number of likely N-dealkylation sites (N-methyl/N-ethyl adjacent to an activating group) is 1. The van der Waals surface area contributed by atoms with Gasteiger partial charge in [-0.15, -0.1) is 0 Å². The van der Waals surface area contributed by atoms with Gasteiger partial charge in [0.25, 0.3) is 0 Å². The summed E-state index contributed by atoms with van der Waals surface area (Å²) >= 11 is 0. The number of nitrogens with one attached hydrogen (secondary N) is 1. The van der Waals surface area contributed by atoms with Crippen molar-refractivity contribution in [2.24, 2.45) is 5.92 Å². The first-order valence-corrected chi connectivity index (χ1v) is 8.75. The largest absolute Gasteiger partial charge is 0.497 e. The number of carbonyl (C=O) groups is 1. The Bertz CT molecular complexity index is 677. The smallest absolute Gasteiger partial charge is 0.234 e. The van der Waals surface area contributed by atoms with Gasteiger partial charge in [0.05, 0.1) is 32.0 Å². The molecule has 2 atom stereocenters. The lowest BCUT2D eigenvalue weighted by atomic mass is 10.0. The number of carbonyl (C=O) groups excluding carboxylic acids is 1. The minimum Gasteiger partial charge on any atom is -0.497 e. The van der Waals surface area contributed by atoms with Gasteiger partial charge < -0.3 is 14.5 Å². The molecule has 1 fully saturated rings. The van der Waals surface area contributed by atoms with E-state index in [1.807, 2.05) is 55.3 Å². The average molecular weight is 342 g/mol. The number of hydrogen-bond acceptors (Lipinski definition) is 4. The van der Waals surface area contributed by atoms with Gasteiger partial charge in [0, 0.05) is 0 Å². The Morgan fingerprint density at radius 1 is 1.32 bits per heavy atom. The maximum absolute atomic E-state index is 12.6. The molecule has 1 saturated carbocycles. The van der Waals surface area contributed by atoms with Crippen LogP contribution in [0.1, 0.15) is 43.2 Å². The second-order valence-corrected chi connectivity index (χ2v) is 6.76. The predicted octanol–water partition coefficient (Wildman–Crippen LogP) is 3.55. The van der Waals surface area contributed by atoms with E-state index < -0.39 is 0 Å². The molecule has 1 aliphatic carbocycles. The fourth-order valence-electron chi connectivity index (χ4n) is 3.04. The zero-order valence-electron chi connectivity index (χ0n) is 15.1. The highest BCUT2D eigenvalue weighted by Gasteiger charge is 2.33. The summed E-state index contributed by atoms with van der Waals surface area (Å²) in [5.74, 6) is 2.26. The Morgan fingerprint density at radius 2 is 2.04 bits per heavy atom. The zero-order valence-corrected chi connectivity index (χ0v) is 15.1. The Morgan fingerprint density at radius 3 is 2.60 bits per heavy atom. The average Bonchev–Trinajstić information content (AvgIpc) is 3.32. The van der Waals surface area contributed by atoms with Crippen molar-refractivity contribution in [1.82, 2.24) is 10.2 Å². The quantitative estimate of drug-likeness (QED) is 0.797. The summed E-state index contributed by atoms with van der Waals surface area (Å²) in [5.41, 5.74) is 1.14. The van der Waals surface area contributed by atoms with Crippen molar-refractivity contribution in [3.8, 4) is 5.75 Å². The number of amides is 1. The summed E-state index contributed by atoms with van der Waals surface area (Å²) in [6.07, 6.45) is 3.98. The summed E-state index contributed by atoms with van der Waals surface area (Å²) in [7, 11) is 3.59. The molecule has 5 heteroatoms. The number of methoxy groups -OCH3 is 1. The van der Waals surface area contributed by atoms with Gasteiger partial charge in [-0.2, -0.15) is 0 Å². The maximum Gasteiger partial charge on any atom is 0.234 e. The number of furan rings is 1. The molecular formula is C20H26N2O3. The van der Waals surface area contributed by atoms with Gasteiger partial charge in [-0.3, -0.25) is 9.69 Å². The van der Waals surface area contributed by atoms with Gasteiger partial charge in [-0.25, -0.2) is 0 Å². The van der Waals surface area contributed by atoms with Crippen molar-refractivity contribution in [2.75, 3.05) is 20.7 Å². The topological polar surface area (TPSA) is 54.7 Å². The van der Waals surface area contributed by atoms with E-state index >= 15 is 0 Å². The minimum absolute atomic E-state index is 0.0358. The third-order valence-corrected chi connectivity index (χ3v) is 4.89. The van der Waals surface area contributed by atoms with Crippen molar-refractivity contribution >= 4 is 5.91 Å². The minimum atomic E-state index is 0.0358. The number of nitrogens with zero attached hydrogens (tertiary/aromatic N) is 1. The molecule has 1 aromatic carbocycles. The van der Waals surface area contributed by atoms with E-state index in [4.69, 9.17) is 9.15 Å². The van der Waals surface area contributed by atoms with E-state index in [-0.39, 0.29) is 18.0 Å². The third-order valence-electron chi connectivity index (χ3n) is 4.89. The standard InChI is InChI=1S/C20H26N2O3/c1-14(18-5-4-12-25-18)22(2)13-19(23)21-20(15-6-7-15)16-8-10-17(24-3)11-9-16/h4-5,8-12,14-15,20H,6-7,13H2,1-3H3,(H,21,23). The molecule has 1 aromatic heterocycles. The van der Waals surface area contributed by atoms with Crippen LogP contribution in [-0.4, -0.2) is 31.5 Å². The van der Waals surface area contributed by atoms with Crippen LogP contribution in [0.5, 0.6) is 5.75 Å². The first-order valence-electron chi connectivity index (χ1n) is 8.75. The highest BCUT2D eigenvalue weighted by Crippen LogP contribution is 2.41. The molecule has 1 heterocycles. The van der Waals surface area contributed by atoms with Crippen LogP contribution in [0.15, 0.2) is 47.1 Å². The molecule has 0 radical (unpaired) electrons. The molecule has 25 heavy (non-hydrogen) atoms. The number of ether oxygens (including phenoxy) is 1. The highest BCUT2D eigenvalue weighted by molar-refractivity contribution is 5.78. The molecule has 1 aliphatic rings. The fourth-order valence-corrected chi connectivity index (χ4v) is 3.04. The predicted molar refractivity (Wildman–Crippen MR) is 96.4 cm³/mol. The van der Waals surface area contributed by atoms with E-state index in [2.05, 4.69) is 5.32 Å². The molecular weight excluding hydrogens is 316 g/mol. The van der Waals surface area contributed by atoms with Gasteiger partial charge in [-0.05, 0) is 62.6 Å². The summed E-state index contributed by atoms with van der Waals surface area (Å²) in [6, 6.07) is 11.9. The number of hydrogen-bond donors (Lipinski definition) is 1. The molecule has 2 aromatic rings. The van der Waals surface area contributed by atoms with E-state index in [1.54, 1.807) is 13.4 Å². The summed E-state index contributed by atoms with van der Waals surface area (Å²) in [6.45, 7) is 2.37. The second kappa shape index (κ2) is 7.74.